The molecule has 1 amide bonds. The predicted octanol–water partition coefficient (Wildman–Crippen LogP) is 2.59. The van der Waals surface area contributed by atoms with Gasteiger partial charge >= 0.3 is 0 Å². The van der Waals surface area contributed by atoms with Gasteiger partial charge in [0.05, 0.1) is 12.8 Å². The van der Waals surface area contributed by atoms with E-state index in [0.29, 0.717) is 18.2 Å². The number of piperazine rings is 1. The summed E-state index contributed by atoms with van der Waals surface area (Å²) in [5.74, 6) is 2.09. The highest BCUT2D eigenvalue weighted by atomic mass is 16.5. The smallest absolute Gasteiger partial charge is 0.271 e. The minimum Gasteiger partial charge on any atom is -0.495 e. The summed E-state index contributed by atoms with van der Waals surface area (Å²) in [6, 6.07) is 11.7. The second-order valence-electron chi connectivity index (χ2n) is 7.36. The highest BCUT2D eigenvalue weighted by molar-refractivity contribution is 5.92. The fourth-order valence-electron chi connectivity index (χ4n) is 3.25. The van der Waals surface area contributed by atoms with Gasteiger partial charge in [0.15, 0.2) is 11.5 Å². The lowest BCUT2D eigenvalue weighted by Crippen LogP contribution is -2.47. The van der Waals surface area contributed by atoms with Gasteiger partial charge in [0.25, 0.3) is 5.91 Å². The highest BCUT2D eigenvalue weighted by Gasteiger charge is 2.21. The number of nitrogens with one attached hydrogen (secondary N) is 1. The molecular weight excluding hydrogens is 354 g/mol. The van der Waals surface area contributed by atoms with Crippen molar-refractivity contribution in [2.24, 2.45) is 5.92 Å². The number of hydrogen-bond donors (Lipinski definition) is 1. The topological polar surface area (TPSA) is 70.6 Å². The number of rotatable bonds is 7. The normalized spacial score (nSPS) is 14.3. The zero-order chi connectivity index (χ0) is 19.9. The summed E-state index contributed by atoms with van der Waals surface area (Å²) in [6.07, 6.45) is 0.952. The minimum atomic E-state index is -0.166. The van der Waals surface area contributed by atoms with Crippen molar-refractivity contribution in [3.63, 3.8) is 0 Å². The number of carbonyl (C=O) groups excluding carboxylic acids is 1. The lowest BCUT2D eigenvalue weighted by Gasteiger charge is -2.37. The molecule has 3 rings (SSSR count). The molecule has 7 nitrogen and oxygen atoms in total. The van der Waals surface area contributed by atoms with Crippen LogP contribution in [0.15, 0.2) is 36.4 Å². The van der Waals surface area contributed by atoms with Crippen molar-refractivity contribution >= 4 is 17.4 Å². The molecule has 1 aromatic heterocycles. The summed E-state index contributed by atoms with van der Waals surface area (Å²) in [5.41, 5.74) is 1.48. The first-order valence-corrected chi connectivity index (χ1v) is 9.83. The summed E-state index contributed by atoms with van der Waals surface area (Å²) in [5, 5.41) is 11.3. The average molecular weight is 383 g/mol. The van der Waals surface area contributed by atoms with Crippen LogP contribution in [0.5, 0.6) is 5.75 Å². The van der Waals surface area contributed by atoms with Crippen LogP contribution in [-0.2, 0) is 0 Å². The third-order valence-corrected chi connectivity index (χ3v) is 4.92. The summed E-state index contributed by atoms with van der Waals surface area (Å²) >= 11 is 0. The van der Waals surface area contributed by atoms with Crippen LogP contribution in [0, 0.1) is 5.92 Å². The molecule has 2 aromatic rings. The second-order valence-corrected chi connectivity index (χ2v) is 7.36. The molecule has 28 heavy (non-hydrogen) atoms. The first kappa shape index (κ1) is 19.9. The van der Waals surface area contributed by atoms with Crippen LogP contribution >= 0.6 is 0 Å². The molecule has 1 aromatic carbocycles. The summed E-state index contributed by atoms with van der Waals surface area (Å²) in [6.45, 7) is 8.35. The van der Waals surface area contributed by atoms with Crippen LogP contribution in [0.1, 0.15) is 30.8 Å². The van der Waals surface area contributed by atoms with Crippen LogP contribution in [0.25, 0.3) is 0 Å². The minimum absolute atomic E-state index is 0.166. The fraction of sp³-hybridized carbons (Fsp3) is 0.476. The van der Waals surface area contributed by atoms with Gasteiger partial charge in [-0.2, -0.15) is 0 Å². The second kappa shape index (κ2) is 9.39. The van der Waals surface area contributed by atoms with Crippen molar-refractivity contribution in [3.05, 3.63) is 42.1 Å². The van der Waals surface area contributed by atoms with Gasteiger partial charge in [0.1, 0.15) is 5.75 Å². The molecular formula is C21H29N5O2. The fourth-order valence-corrected chi connectivity index (χ4v) is 3.25. The highest BCUT2D eigenvalue weighted by Crippen LogP contribution is 2.28. The van der Waals surface area contributed by atoms with Gasteiger partial charge in [-0.25, -0.2) is 0 Å². The quantitative estimate of drug-likeness (QED) is 0.792. The number of aromatic nitrogens is 2. The molecule has 1 N–H and O–H groups in total. The number of methoxy groups -OCH3 is 1. The summed E-state index contributed by atoms with van der Waals surface area (Å²) < 4.78 is 5.47. The number of anilines is 2. The number of para-hydroxylation sites is 2. The molecule has 1 aliphatic rings. The maximum atomic E-state index is 12.1. The third kappa shape index (κ3) is 4.91. The van der Waals surface area contributed by atoms with E-state index in [-0.39, 0.29) is 5.91 Å². The van der Waals surface area contributed by atoms with E-state index in [0.717, 1.165) is 49.9 Å². The third-order valence-electron chi connectivity index (χ3n) is 4.92. The van der Waals surface area contributed by atoms with E-state index in [9.17, 15) is 4.79 Å². The Bertz CT molecular complexity index is 771. The Labute approximate surface area is 166 Å². The lowest BCUT2D eigenvalue weighted by atomic mass is 10.1. The molecule has 0 saturated carbocycles. The Morgan fingerprint density at radius 1 is 1.07 bits per heavy atom. The van der Waals surface area contributed by atoms with E-state index in [1.54, 1.807) is 13.2 Å². The van der Waals surface area contributed by atoms with Gasteiger partial charge in [0, 0.05) is 32.7 Å². The number of ether oxygens (including phenoxy) is 1. The first-order chi connectivity index (χ1) is 13.6. The van der Waals surface area contributed by atoms with E-state index in [2.05, 4.69) is 45.2 Å². The number of amides is 1. The van der Waals surface area contributed by atoms with E-state index >= 15 is 0 Å². The average Bonchev–Trinajstić information content (AvgIpc) is 2.73. The molecule has 1 saturated heterocycles. The largest absolute Gasteiger partial charge is 0.495 e. The van der Waals surface area contributed by atoms with Crippen LogP contribution in [0.2, 0.25) is 0 Å². The molecule has 0 bridgehead atoms. The number of hydrogen-bond acceptors (Lipinski definition) is 6. The van der Waals surface area contributed by atoms with Crippen LogP contribution < -0.4 is 19.9 Å². The Balaban J connectivity index is 1.55. The maximum absolute atomic E-state index is 12.1. The number of carbonyl (C=O) groups is 1. The van der Waals surface area contributed by atoms with E-state index < -0.39 is 0 Å². The van der Waals surface area contributed by atoms with Gasteiger partial charge in [-0.3, -0.25) is 4.79 Å². The predicted molar refractivity (Wildman–Crippen MR) is 111 cm³/mol. The van der Waals surface area contributed by atoms with Crippen LogP contribution in [-0.4, -0.2) is 55.9 Å². The van der Waals surface area contributed by atoms with E-state index in [1.807, 2.05) is 24.3 Å². The van der Waals surface area contributed by atoms with Gasteiger partial charge in [-0.05, 0) is 36.6 Å². The molecule has 0 atom stereocenters. The maximum Gasteiger partial charge on any atom is 0.271 e. The molecule has 1 fully saturated rings. The van der Waals surface area contributed by atoms with Gasteiger partial charge in [-0.1, -0.05) is 26.0 Å². The molecule has 0 spiro atoms. The molecule has 0 aliphatic carbocycles. The van der Waals surface area contributed by atoms with Crippen LogP contribution in [0.4, 0.5) is 11.5 Å². The van der Waals surface area contributed by atoms with Crippen molar-refractivity contribution in [1.29, 1.82) is 0 Å². The van der Waals surface area contributed by atoms with Gasteiger partial charge < -0.3 is 19.9 Å². The molecule has 150 valence electrons. The molecule has 0 radical (unpaired) electrons. The number of nitrogens with zero attached hydrogens (tertiary/aromatic N) is 4. The SMILES string of the molecule is COc1ccccc1N1CCN(c2ccc(C(=O)NCCC(C)C)nn2)CC1. The first-order valence-electron chi connectivity index (χ1n) is 9.83. The van der Waals surface area contributed by atoms with Crippen LogP contribution in [0.3, 0.4) is 0 Å². The Kier molecular flexibility index (Phi) is 6.68. The van der Waals surface area contributed by atoms with E-state index in [1.165, 1.54) is 0 Å². The summed E-state index contributed by atoms with van der Waals surface area (Å²) in [7, 11) is 1.70. The van der Waals surface area contributed by atoms with Crippen molar-refractivity contribution in [1.82, 2.24) is 15.5 Å². The number of benzene rings is 1. The zero-order valence-electron chi connectivity index (χ0n) is 16.9. The lowest BCUT2D eigenvalue weighted by molar-refractivity contribution is 0.0946. The molecule has 2 heterocycles. The van der Waals surface area contributed by atoms with Crippen molar-refractivity contribution < 1.29 is 9.53 Å². The monoisotopic (exact) mass is 383 g/mol. The van der Waals surface area contributed by atoms with Crippen molar-refractivity contribution in [2.45, 2.75) is 20.3 Å². The molecule has 1 aliphatic heterocycles. The van der Waals surface area contributed by atoms with Gasteiger partial charge in [-0.15, -0.1) is 10.2 Å². The van der Waals surface area contributed by atoms with Crippen molar-refractivity contribution in [3.8, 4) is 5.75 Å². The Hall–Kier alpha value is -2.83. The molecule has 7 heteroatoms. The Morgan fingerprint density at radius 2 is 1.79 bits per heavy atom. The molecule has 0 unspecified atom stereocenters. The van der Waals surface area contributed by atoms with E-state index in [4.69, 9.17) is 4.74 Å². The summed E-state index contributed by atoms with van der Waals surface area (Å²) in [4.78, 5) is 16.6. The zero-order valence-corrected chi connectivity index (χ0v) is 16.9. The van der Waals surface area contributed by atoms with Gasteiger partial charge in [0.2, 0.25) is 0 Å². The standard InChI is InChI=1S/C21H29N5O2/c1-16(2)10-11-22-21(27)17-8-9-20(24-23-17)26-14-12-25(13-15-26)18-6-4-5-7-19(18)28-3/h4-9,16H,10-15H2,1-3H3,(H,22,27). The Morgan fingerprint density at radius 3 is 2.43 bits per heavy atom. The van der Waals surface area contributed by atoms with Crippen molar-refractivity contribution in [2.75, 3.05) is 49.6 Å².